The van der Waals surface area contributed by atoms with Gasteiger partial charge >= 0.3 is 0 Å². The fourth-order valence-electron chi connectivity index (χ4n) is 3.47. The van der Waals surface area contributed by atoms with E-state index in [1.165, 1.54) is 5.56 Å². The second kappa shape index (κ2) is 10.7. The highest BCUT2D eigenvalue weighted by Crippen LogP contribution is 2.28. The lowest BCUT2D eigenvalue weighted by Crippen LogP contribution is -2.47. The largest absolute Gasteiger partial charge is 0.494 e. The molecule has 0 spiro atoms. The van der Waals surface area contributed by atoms with Gasteiger partial charge in [0.05, 0.1) is 20.8 Å². The summed E-state index contributed by atoms with van der Waals surface area (Å²) in [5.41, 5.74) is 2.15. The van der Waals surface area contributed by atoms with Crippen LogP contribution in [0.2, 0.25) is 0 Å². The molecule has 6 nitrogen and oxygen atoms in total. The Bertz CT molecular complexity index is 856. The van der Waals surface area contributed by atoms with Crippen LogP contribution in [0.3, 0.4) is 0 Å². The lowest BCUT2D eigenvalue weighted by molar-refractivity contribution is -0.127. The molecule has 0 unspecified atom stereocenters. The Balaban J connectivity index is 1.49. The van der Waals surface area contributed by atoms with Crippen LogP contribution < -0.4 is 14.2 Å². The number of hydrogen-bond acceptors (Lipinski definition) is 5. The van der Waals surface area contributed by atoms with Crippen molar-refractivity contribution >= 4 is 12.0 Å². The zero-order chi connectivity index (χ0) is 21.3. The van der Waals surface area contributed by atoms with E-state index in [1.54, 1.807) is 20.3 Å². The van der Waals surface area contributed by atoms with E-state index in [-0.39, 0.29) is 5.91 Å². The maximum Gasteiger partial charge on any atom is 0.246 e. The fraction of sp³-hybridized carbons (Fsp3) is 0.375. The second-order valence-corrected chi connectivity index (χ2v) is 7.13. The summed E-state index contributed by atoms with van der Waals surface area (Å²) in [4.78, 5) is 16.8. The zero-order valence-electron chi connectivity index (χ0n) is 18.0. The first-order chi connectivity index (χ1) is 14.6. The Morgan fingerprint density at radius 2 is 1.67 bits per heavy atom. The molecular weight excluding hydrogens is 380 g/mol. The van der Waals surface area contributed by atoms with Gasteiger partial charge in [0.25, 0.3) is 0 Å². The third kappa shape index (κ3) is 5.76. The molecular formula is C24H30N2O4. The van der Waals surface area contributed by atoms with Gasteiger partial charge in [0, 0.05) is 38.8 Å². The number of piperazine rings is 1. The molecule has 1 amide bonds. The predicted molar refractivity (Wildman–Crippen MR) is 118 cm³/mol. The molecule has 0 aromatic heterocycles. The van der Waals surface area contributed by atoms with E-state index < -0.39 is 0 Å². The fourth-order valence-corrected chi connectivity index (χ4v) is 3.47. The minimum Gasteiger partial charge on any atom is -0.494 e. The van der Waals surface area contributed by atoms with E-state index in [0.29, 0.717) is 18.1 Å². The Labute approximate surface area is 178 Å². The van der Waals surface area contributed by atoms with E-state index >= 15 is 0 Å². The number of amides is 1. The molecule has 3 rings (SSSR count). The van der Waals surface area contributed by atoms with Crippen molar-refractivity contribution in [1.82, 2.24) is 9.80 Å². The molecule has 30 heavy (non-hydrogen) atoms. The van der Waals surface area contributed by atoms with Gasteiger partial charge in [-0.1, -0.05) is 18.2 Å². The maximum absolute atomic E-state index is 12.6. The standard InChI is InChI=1S/C24H30N2O4/c1-4-30-21-9-5-20(6-10-21)18-25-13-15-26(16-14-25)24(27)12-8-19-7-11-22(28-2)23(17-19)29-3/h5-12,17H,4,13-16,18H2,1-3H3/b12-8+. The Morgan fingerprint density at radius 3 is 2.30 bits per heavy atom. The van der Waals surface area contributed by atoms with E-state index in [2.05, 4.69) is 17.0 Å². The average Bonchev–Trinajstić information content (AvgIpc) is 2.79. The molecule has 0 saturated carbocycles. The minimum absolute atomic E-state index is 0.0329. The molecule has 2 aromatic rings. The van der Waals surface area contributed by atoms with Crippen molar-refractivity contribution in [3.8, 4) is 17.2 Å². The van der Waals surface area contributed by atoms with Gasteiger partial charge in [0.1, 0.15) is 5.75 Å². The molecule has 0 bridgehead atoms. The van der Waals surface area contributed by atoms with Crippen molar-refractivity contribution in [2.75, 3.05) is 47.0 Å². The molecule has 1 heterocycles. The van der Waals surface area contributed by atoms with Crippen LogP contribution in [0, 0.1) is 0 Å². The summed E-state index contributed by atoms with van der Waals surface area (Å²) in [6.45, 7) is 6.73. The summed E-state index contributed by atoms with van der Waals surface area (Å²) in [6, 6.07) is 13.8. The van der Waals surface area contributed by atoms with Crippen LogP contribution >= 0.6 is 0 Å². The first-order valence-corrected chi connectivity index (χ1v) is 10.3. The van der Waals surface area contributed by atoms with E-state index in [1.807, 2.05) is 48.2 Å². The lowest BCUT2D eigenvalue weighted by Gasteiger charge is -2.34. The summed E-state index contributed by atoms with van der Waals surface area (Å²) >= 11 is 0. The molecule has 1 aliphatic rings. The number of hydrogen-bond donors (Lipinski definition) is 0. The zero-order valence-corrected chi connectivity index (χ0v) is 18.0. The van der Waals surface area contributed by atoms with Gasteiger partial charge in [-0.2, -0.15) is 0 Å². The van der Waals surface area contributed by atoms with Crippen molar-refractivity contribution in [3.63, 3.8) is 0 Å². The Kier molecular flexibility index (Phi) is 7.74. The third-order valence-corrected chi connectivity index (χ3v) is 5.15. The topological polar surface area (TPSA) is 51.2 Å². The quantitative estimate of drug-likeness (QED) is 0.624. The van der Waals surface area contributed by atoms with Crippen molar-refractivity contribution in [1.29, 1.82) is 0 Å². The first-order valence-electron chi connectivity index (χ1n) is 10.3. The van der Waals surface area contributed by atoms with E-state index in [0.717, 1.165) is 44.0 Å². The SMILES string of the molecule is CCOc1ccc(CN2CCN(C(=O)/C=C/c3ccc(OC)c(OC)c3)CC2)cc1. The monoisotopic (exact) mass is 410 g/mol. The van der Waals surface area contributed by atoms with E-state index in [4.69, 9.17) is 14.2 Å². The van der Waals surface area contributed by atoms with Crippen LogP contribution in [0.15, 0.2) is 48.5 Å². The molecule has 0 radical (unpaired) electrons. The summed E-state index contributed by atoms with van der Waals surface area (Å²) in [5, 5.41) is 0. The van der Waals surface area contributed by atoms with Gasteiger partial charge < -0.3 is 19.1 Å². The van der Waals surface area contributed by atoms with Gasteiger partial charge in [0.15, 0.2) is 11.5 Å². The normalized spacial score (nSPS) is 14.7. The molecule has 0 aliphatic carbocycles. The van der Waals surface area contributed by atoms with Crippen molar-refractivity contribution < 1.29 is 19.0 Å². The van der Waals surface area contributed by atoms with Gasteiger partial charge in [-0.05, 0) is 48.4 Å². The average molecular weight is 411 g/mol. The van der Waals surface area contributed by atoms with Crippen molar-refractivity contribution in [2.45, 2.75) is 13.5 Å². The molecule has 2 aromatic carbocycles. The number of ether oxygens (including phenoxy) is 3. The lowest BCUT2D eigenvalue weighted by atomic mass is 10.1. The molecule has 160 valence electrons. The molecule has 0 N–H and O–H groups in total. The second-order valence-electron chi connectivity index (χ2n) is 7.13. The summed E-state index contributed by atoms with van der Waals surface area (Å²) < 4.78 is 16.1. The number of carbonyl (C=O) groups excluding carboxylic acids is 1. The minimum atomic E-state index is 0.0329. The van der Waals surface area contributed by atoms with Gasteiger partial charge in [-0.15, -0.1) is 0 Å². The summed E-state index contributed by atoms with van der Waals surface area (Å²) in [6.07, 6.45) is 3.44. The highest BCUT2D eigenvalue weighted by molar-refractivity contribution is 5.92. The number of carbonyl (C=O) groups is 1. The number of methoxy groups -OCH3 is 2. The third-order valence-electron chi connectivity index (χ3n) is 5.15. The van der Waals surface area contributed by atoms with Crippen LogP contribution in [-0.2, 0) is 11.3 Å². The highest BCUT2D eigenvalue weighted by atomic mass is 16.5. The smallest absolute Gasteiger partial charge is 0.246 e. The van der Waals surface area contributed by atoms with Crippen LogP contribution in [0.1, 0.15) is 18.1 Å². The molecule has 1 fully saturated rings. The number of rotatable bonds is 8. The van der Waals surface area contributed by atoms with Gasteiger partial charge in [-0.3, -0.25) is 9.69 Å². The van der Waals surface area contributed by atoms with Crippen LogP contribution in [0.25, 0.3) is 6.08 Å². The summed E-state index contributed by atoms with van der Waals surface area (Å²) in [7, 11) is 3.20. The molecule has 6 heteroatoms. The Hall–Kier alpha value is -2.99. The van der Waals surface area contributed by atoms with Crippen molar-refractivity contribution in [3.05, 3.63) is 59.7 Å². The molecule has 0 atom stereocenters. The van der Waals surface area contributed by atoms with Gasteiger partial charge in [-0.25, -0.2) is 0 Å². The molecule has 1 aliphatic heterocycles. The highest BCUT2D eigenvalue weighted by Gasteiger charge is 2.19. The number of benzene rings is 2. The molecule has 1 saturated heterocycles. The van der Waals surface area contributed by atoms with Crippen LogP contribution in [0.4, 0.5) is 0 Å². The van der Waals surface area contributed by atoms with Gasteiger partial charge in [0.2, 0.25) is 5.91 Å². The maximum atomic E-state index is 12.6. The van der Waals surface area contributed by atoms with Crippen LogP contribution in [-0.4, -0.2) is 62.7 Å². The summed E-state index contributed by atoms with van der Waals surface area (Å²) in [5.74, 6) is 2.25. The number of nitrogens with zero attached hydrogens (tertiary/aromatic N) is 2. The first kappa shape index (κ1) is 21.7. The predicted octanol–water partition coefficient (Wildman–Crippen LogP) is 3.46. The van der Waals surface area contributed by atoms with Crippen molar-refractivity contribution in [2.24, 2.45) is 0 Å². The van der Waals surface area contributed by atoms with Crippen LogP contribution in [0.5, 0.6) is 17.2 Å². The van der Waals surface area contributed by atoms with E-state index in [9.17, 15) is 4.79 Å². The Morgan fingerprint density at radius 1 is 0.967 bits per heavy atom.